The summed E-state index contributed by atoms with van der Waals surface area (Å²) in [4.78, 5) is 28.5. The number of hydrogen-bond acceptors (Lipinski definition) is 6. The van der Waals surface area contributed by atoms with Gasteiger partial charge >= 0.3 is 18.1 Å². The number of nitrogens with zero attached hydrogens (tertiary/aromatic N) is 1. The summed E-state index contributed by atoms with van der Waals surface area (Å²) >= 11 is 0. The van der Waals surface area contributed by atoms with E-state index in [-0.39, 0.29) is 19.2 Å². The Bertz CT molecular complexity index is 661. The van der Waals surface area contributed by atoms with E-state index in [1.54, 1.807) is 6.92 Å². The van der Waals surface area contributed by atoms with Gasteiger partial charge in [-0.3, -0.25) is 9.79 Å². The third kappa shape index (κ3) is 5.11. The van der Waals surface area contributed by atoms with Crippen molar-refractivity contribution >= 4 is 17.7 Å². The Morgan fingerprint density at radius 3 is 2.10 bits per heavy atom. The molecule has 0 atom stereocenters. The SMILES string of the molecule is CCCCOC(=O)C(=CN)C(=NC12CCC(C(=O)OCC)(CC1)CC2)C(F)(F)F. The lowest BCUT2D eigenvalue weighted by Crippen LogP contribution is -2.50. The van der Waals surface area contributed by atoms with Crippen LogP contribution in [0, 0.1) is 5.41 Å². The lowest BCUT2D eigenvalue weighted by molar-refractivity contribution is -0.162. The van der Waals surface area contributed by atoms with Crippen LogP contribution in [0.4, 0.5) is 13.2 Å². The van der Waals surface area contributed by atoms with E-state index in [1.165, 1.54) is 0 Å². The van der Waals surface area contributed by atoms with Gasteiger partial charge in [-0.1, -0.05) is 13.3 Å². The first-order valence-corrected chi connectivity index (χ1v) is 10.1. The smallest absolute Gasteiger partial charge is 0.433 e. The largest absolute Gasteiger partial charge is 0.466 e. The Labute approximate surface area is 168 Å². The Morgan fingerprint density at radius 1 is 1.07 bits per heavy atom. The lowest BCUT2D eigenvalue weighted by Gasteiger charge is -2.50. The van der Waals surface area contributed by atoms with Crippen LogP contribution in [-0.4, -0.2) is 42.6 Å². The molecule has 0 aromatic rings. The quantitative estimate of drug-likeness (QED) is 0.280. The number of carbonyl (C=O) groups excluding carboxylic acids is 2. The molecule has 3 aliphatic carbocycles. The molecule has 0 spiro atoms. The molecule has 0 aromatic carbocycles. The fraction of sp³-hybridized carbons (Fsp3) is 0.750. The Hall–Kier alpha value is -2.06. The van der Waals surface area contributed by atoms with E-state index in [1.807, 2.05) is 6.92 Å². The number of aliphatic imine (C=N–C) groups is 1. The Kier molecular flexibility index (Phi) is 7.35. The molecule has 2 N–H and O–H groups in total. The van der Waals surface area contributed by atoms with E-state index >= 15 is 0 Å². The van der Waals surface area contributed by atoms with E-state index in [4.69, 9.17) is 15.2 Å². The van der Waals surface area contributed by atoms with Gasteiger partial charge in [0.2, 0.25) is 0 Å². The number of nitrogens with two attached hydrogens (primary N) is 1. The van der Waals surface area contributed by atoms with Crippen molar-refractivity contribution in [3.8, 4) is 0 Å². The van der Waals surface area contributed by atoms with Crippen molar-refractivity contribution in [1.29, 1.82) is 0 Å². The van der Waals surface area contributed by atoms with Crippen LogP contribution in [0.25, 0.3) is 0 Å². The number of fused-ring (bicyclic) bond motifs is 3. The van der Waals surface area contributed by atoms with Gasteiger partial charge < -0.3 is 15.2 Å². The minimum Gasteiger partial charge on any atom is -0.466 e. The molecular formula is C20H29F3N2O4. The summed E-state index contributed by atoms with van der Waals surface area (Å²) in [6, 6.07) is 0. The van der Waals surface area contributed by atoms with E-state index in [0.29, 0.717) is 51.1 Å². The van der Waals surface area contributed by atoms with Crippen LogP contribution in [0.15, 0.2) is 16.8 Å². The summed E-state index contributed by atoms with van der Waals surface area (Å²) in [7, 11) is 0. The van der Waals surface area contributed by atoms with Gasteiger partial charge in [-0.05, 0) is 51.9 Å². The van der Waals surface area contributed by atoms with Crippen LogP contribution in [-0.2, 0) is 19.1 Å². The van der Waals surface area contributed by atoms with Crippen molar-refractivity contribution in [1.82, 2.24) is 0 Å². The molecule has 9 heteroatoms. The maximum atomic E-state index is 13.8. The third-order valence-corrected chi connectivity index (χ3v) is 5.91. The monoisotopic (exact) mass is 418 g/mol. The number of ether oxygens (including phenoxy) is 2. The van der Waals surface area contributed by atoms with Crippen molar-refractivity contribution in [2.45, 2.75) is 76.9 Å². The molecule has 3 aliphatic rings. The van der Waals surface area contributed by atoms with Crippen molar-refractivity contribution in [3.05, 3.63) is 11.8 Å². The topological polar surface area (TPSA) is 91.0 Å². The van der Waals surface area contributed by atoms with Gasteiger partial charge in [0.1, 0.15) is 5.57 Å². The molecule has 0 amide bonds. The molecule has 0 heterocycles. The van der Waals surface area contributed by atoms with Gasteiger partial charge in [0.05, 0.1) is 24.2 Å². The van der Waals surface area contributed by atoms with E-state index in [0.717, 1.165) is 6.42 Å². The van der Waals surface area contributed by atoms with Crippen LogP contribution >= 0.6 is 0 Å². The predicted octanol–water partition coefficient (Wildman–Crippen LogP) is 3.83. The normalized spacial score (nSPS) is 27.6. The fourth-order valence-electron chi connectivity index (χ4n) is 4.07. The zero-order valence-electron chi connectivity index (χ0n) is 16.9. The highest BCUT2D eigenvalue weighted by Crippen LogP contribution is 2.55. The van der Waals surface area contributed by atoms with E-state index in [9.17, 15) is 22.8 Å². The first kappa shape index (κ1) is 23.2. The zero-order valence-corrected chi connectivity index (χ0v) is 16.9. The van der Waals surface area contributed by atoms with Gasteiger partial charge in [-0.25, -0.2) is 4.79 Å². The summed E-state index contributed by atoms with van der Waals surface area (Å²) in [6.45, 7) is 3.89. The molecule has 0 radical (unpaired) electrons. The molecule has 6 nitrogen and oxygen atoms in total. The number of rotatable bonds is 8. The average molecular weight is 418 g/mol. The van der Waals surface area contributed by atoms with Crippen LogP contribution < -0.4 is 5.73 Å². The predicted molar refractivity (Wildman–Crippen MR) is 101 cm³/mol. The number of carbonyl (C=O) groups is 2. The number of unbranched alkanes of at least 4 members (excludes halogenated alkanes) is 1. The van der Waals surface area contributed by atoms with Crippen LogP contribution in [0.1, 0.15) is 65.2 Å². The van der Waals surface area contributed by atoms with Gasteiger partial charge in [0.15, 0.2) is 5.71 Å². The van der Waals surface area contributed by atoms with Crippen molar-refractivity contribution < 1.29 is 32.2 Å². The van der Waals surface area contributed by atoms with Crippen LogP contribution in [0.2, 0.25) is 0 Å². The van der Waals surface area contributed by atoms with E-state index in [2.05, 4.69) is 4.99 Å². The van der Waals surface area contributed by atoms with E-state index < -0.39 is 34.4 Å². The minimum absolute atomic E-state index is 0.0189. The van der Waals surface area contributed by atoms with Crippen LogP contribution in [0.5, 0.6) is 0 Å². The second-order valence-electron chi connectivity index (χ2n) is 7.75. The highest BCUT2D eigenvalue weighted by atomic mass is 19.4. The maximum Gasteiger partial charge on any atom is 0.433 e. The van der Waals surface area contributed by atoms with Crippen molar-refractivity contribution in [3.63, 3.8) is 0 Å². The summed E-state index contributed by atoms with van der Waals surface area (Å²) in [5, 5.41) is 0. The molecule has 2 bridgehead atoms. The molecule has 3 fully saturated rings. The number of halogens is 3. The Balaban J connectivity index is 2.26. The molecule has 29 heavy (non-hydrogen) atoms. The fourth-order valence-corrected chi connectivity index (χ4v) is 4.07. The molecule has 0 unspecified atom stereocenters. The molecule has 3 rings (SSSR count). The van der Waals surface area contributed by atoms with Gasteiger partial charge in [-0.2, -0.15) is 13.2 Å². The lowest BCUT2D eigenvalue weighted by atomic mass is 9.57. The first-order chi connectivity index (χ1) is 13.6. The van der Waals surface area contributed by atoms with Crippen LogP contribution in [0.3, 0.4) is 0 Å². The number of esters is 2. The average Bonchev–Trinajstić information content (AvgIpc) is 2.69. The summed E-state index contributed by atoms with van der Waals surface area (Å²) < 4.78 is 51.4. The molecule has 0 aromatic heterocycles. The zero-order chi connectivity index (χ0) is 21.7. The second-order valence-corrected chi connectivity index (χ2v) is 7.75. The van der Waals surface area contributed by atoms with Crippen molar-refractivity contribution in [2.24, 2.45) is 16.1 Å². The van der Waals surface area contributed by atoms with Gasteiger partial charge in [0, 0.05) is 6.20 Å². The summed E-state index contributed by atoms with van der Waals surface area (Å²) in [5.41, 5.74) is 1.71. The number of alkyl halides is 3. The van der Waals surface area contributed by atoms with Gasteiger partial charge in [-0.15, -0.1) is 0 Å². The van der Waals surface area contributed by atoms with Crippen molar-refractivity contribution in [2.75, 3.05) is 13.2 Å². The maximum absolute atomic E-state index is 13.8. The first-order valence-electron chi connectivity index (χ1n) is 10.1. The minimum atomic E-state index is -4.85. The highest BCUT2D eigenvalue weighted by molar-refractivity contribution is 6.22. The molecule has 164 valence electrons. The number of hydrogen-bond donors (Lipinski definition) is 1. The Morgan fingerprint density at radius 2 is 1.66 bits per heavy atom. The van der Waals surface area contributed by atoms with Gasteiger partial charge in [0.25, 0.3) is 0 Å². The molecule has 3 saturated carbocycles. The molecule has 0 aliphatic heterocycles. The molecule has 0 saturated heterocycles. The standard InChI is InChI=1S/C20H29F3N2O4/c1-3-5-12-29-16(26)14(13-24)15(20(21,22)23)25-19-9-6-18(7-10-19,8-11-19)17(27)28-4-2/h13H,3-12,24H2,1-2H3. The summed E-state index contributed by atoms with van der Waals surface area (Å²) in [6.07, 6.45) is -0.712. The second kappa shape index (κ2) is 9.17. The highest BCUT2D eigenvalue weighted by Gasteiger charge is 2.54. The molecular weight excluding hydrogens is 389 g/mol. The summed E-state index contributed by atoms with van der Waals surface area (Å²) in [5.74, 6) is -1.41. The third-order valence-electron chi connectivity index (χ3n) is 5.91.